The quantitative estimate of drug-likeness (QED) is 0.407. The molecule has 2 heterocycles. The van der Waals surface area contributed by atoms with Crippen LogP contribution >= 0.6 is 11.6 Å². The number of anilines is 1. The van der Waals surface area contributed by atoms with E-state index in [-0.39, 0.29) is 11.1 Å². The molecule has 0 radical (unpaired) electrons. The van der Waals surface area contributed by atoms with E-state index in [0.717, 1.165) is 16.7 Å². The second-order valence-electron chi connectivity index (χ2n) is 5.58. The van der Waals surface area contributed by atoms with Gasteiger partial charge in [-0.1, -0.05) is 28.8 Å². The van der Waals surface area contributed by atoms with Crippen molar-refractivity contribution in [2.24, 2.45) is 0 Å². The first-order valence-electron chi connectivity index (χ1n) is 7.71. The van der Waals surface area contributed by atoms with Crippen molar-refractivity contribution in [1.29, 1.82) is 0 Å². The number of benzene rings is 1. The number of nitrogens with one attached hydrogen (secondary N) is 2. The van der Waals surface area contributed by atoms with Crippen molar-refractivity contribution in [3.05, 3.63) is 59.3 Å². The summed E-state index contributed by atoms with van der Waals surface area (Å²) in [6, 6.07) is 7.60. The second kappa shape index (κ2) is 7.75. The highest BCUT2D eigenvalue weighted by atomic mass is 35.5. The Morgan fingerprint density at radius 3 is 2.62 bits per heavy atom. The predicted molar refractivity (Wildman–Crippen MR) is 99.1 cm³/mol. The molecular weight excluding hydrogens is 354 g/mol. The molecule has 0 bridgehead atoms. The molecule has 1 aromatic carbocycles. The Balaban J connectivity index is 1.62. The molecule has 1 amide bonds. The van der Waals surface area contributed by atoms with Gasteiger partial charge in [0.1, 0.15) is 23.6 Å². The number of hydrazine groups is 1. The van der Waals surface area contributed by atoms with E-state index >= 15 is 0 Å². The summed E-state index contributed by atoms with van der Waals surface area (Å²) in [5.41, 5.74) is 8.31. The van der Waals surface area contributed by atoms with E-state index in [1.54, 1.807) is 0 Å². The minimum Gasteiger partial charge on any atom is -0.281 e. The molecule has 26 heavy (non-hydrogen) atoms. The molecule has 0 saturated carbocycles. The van der Waals surface area contributed by atoms with Gasteiger partial charge in [-0.25, -0.2) is 19.6 Å². The van der Waals surface area contributed by atoms with Gasteiger partial charge >= 0.3 is 0 Å². The number of aromatic nitrogens is 5. The molecule has 0 saturated heterocycles. The van der Waals surface area contributed by atoms with Crippen molar-refractivity contribution in [1.82, 2.24) is 30.2 Å². The van der Waals surface area contributed by atoms with E-state index in [0.29, 0.717) is 11.6 Å². The molecule has 8 nitrogen and oxygen atoms in total. The zero-order chi connectivity index (χ0) is 18.5. The normalized spacial score (nSPS) is 10.9. The standard InChI is InChI=1S/C17H16ClN7O/c1-11-5-12(2)7-13(6-11)17-21-10-25(24-17)4-3-16(26)23-22-15-8-14(18)19-9-20-15/h3-10H,1-2H3,(H,23,26)(H,19,20,22)/b4-3-. The Morgan fingerprint density at radius 2 is 1.88 bits per heavy atom. The summed E-state index contributed by atoms with van der Waals surface area (Å²) in [6.45, 7) is 4.05. The molecule has 0 aliphatic carbocycles. The van der Waals surface area contributed by atoms with Gasteiger partial charge in [-0.2, -0.15) is 0 Å². The number of hydrogen-bond donors (Lipinski definition) is 2. The van der Waals surface area contributed by atoms with Crippen LogP contribution in [0.4, 0.5) is 5.82 Å². The number of hydrogen-bond acceptors (Lipinski definition) is 6. The average Bonchev–Trinajstić information content (AvgIpc) is 3.06. The van der Waals surface area contributed by atoms with Gasteiger partial charge in [0.15, 0.2) is 5.82 Å². The van der Waals surface area contributed by atoms with Crippen molar-refractivity contribution < 1.29 is 4.79 Å². The second-order valence-corrected chi connectivity index (χ2v) is 5.97. The number of nitrogens with zero attached hydrogens (tertiary/aromatic N) is 5. The number of aryl methyl sites for hydroxylation is 2. The minimum absolute atomic E-state index is 0.272. The van der Waals surface area contributed by atoms with E-state index in [4.69, 9.17) is 11.6 Å². The van der Waals surface area contributed by atoms with Crippen LogP contribution in [0, 0.1) is 13.8 Å². The number of amides is 1. The number of halogens is 1. The summed E-state index contributed by atoms with van der Waals surface area (Å²) in [4.78, 5) is 23.8. The molecule has 0 atom stereocenters. The van der Waals surface area contributed by atoms with Crippen LogP contribution in [-0.4, -0.2) is 30.6 Å². The summed E-state index contributed by atoms with van der Waals surface area (Å²) in [6.07, 6.45) is 5.64. The van der Waals surface area contributed by atoms with Gasteiger partial charge in [0.2, 0.25) is 0 Å². The fourth-order valence-electron chi connectivity index (χ4n) is 2.30. The molecule has 9 heteroatoms. The van der Waals surface area contributed by atoms with Gasteiger partial charge in [-0.05, 0) is 26.0 Å². The van der Waals surface area contributed by atoms with Gasteiger partial charge < -0.3 is 0 Å². The van der Waals surface area contributed by atoms with E-state index in [1.807, 2.05) is 26.0 Å². The molecular formula is C17H16ClN7O. The lowest BCUT2D eigenvalue weighted by atomic mass is 10.1. The summed E-state index contributed by atoms with van der Waals surface area (Å²) < 4.78 is 1.47. The van der Waals surface area contributed by atoms with Crippen LogP contribution in [0.1, 0.15) is 11.1 Å². The Kier molecular flexibility index (Phi) is 5.23. The third-order valence-corrected chi connectivity index (χ3v) is 3.52. The fourth-order valence-corrected chi connectivity index (χ4v) is 2.44. The van der Waals surface area contributed by atoms with Crippen LogP contribution in [0.3, 0.4) is 0 Å². The first-order valence-corrected chi connectivity index (χ1v) is 8.09. The Morgan fingerprint density at radius 1 is 1.12 bits per heavy atom. The maximum atomic E-state index is 11.8. The summed E-state index contributed by atoms with van der Waals surface area (Å²) in [5.74, 6) is 0.586. The van der Waals surface area contributed by atoms with Crippen molar-refractivity contribution >= 4 is 29.5 Å². The van der Waals surface area contributed by atoms with Crippen LogP contribution in [0.25, 0.3) is 17.6 Å². The lowest BCUT2D eigenvalue weighted by molar-refractivity contribution is -0.116. The van der Waals surface area contributed by atoms with E-state index in [1.165, 1.54) is 35.7 Å². The molecule has 2 N–H and O–H groups in total. The summed E-state index contributed by atoms with van der Waals surface area (Å²) >= 11 is 5.74. The topological polar surface area (TPSA) is 97.6 Å². The molecule has 0 aliphatic rings. The minimum atomic E-state index is -0.386. The molecule has 0 spiro atoms. The third-order valence-electron chi connectivity index (χ3n) is 3.31. The molecule has 3 rings (SSSR count). The molecule has 0 aliphatic heterocycles. The first kappa shape index (κ1) is 17.6. The van der Waals surface area contributed by atoms with Crippen molar-refractivity contribution in [3.8, 4) is 11.4 Å². The van der Waals surface area contributed by atoms with Crippen LogP contribution in [0.5, 0.6) is 0 Å². The van der Waals surface area contributed by atoms with E-state index in [9.17, 15) is 4.79 Å². The average molecular weight is 370 g/mol. The van der Waals surface area contributed by atoms with Crippen LogP contribution in [-0.2, 0) is 4.79 Å². The van der Waals surface area contributed by atoms with Crippen LogP contribution in [0.2, 0.25) is 5.15 Å². The summed E-state index contributed by atoms with van der Waals surface area (Å²) in [7, 11) is 0. The maximum Gasteiger partial charge on any atom is 0.263 e. The zero-order valence-electron chi connectivity index (χ0n) is 14.1. The van der Waals surface area contributed by atoms with Crippen molar-refractivity contribution in [2.75, 3.05) is 5.43 Å². The first-order chi connectivity index (χ1) is 12.5. The van der Waals surface area contributed by atoms with Gasteiger partial charge in [0.05, 0.1) is 0 Å². The fraction of sp³-hybridized carbons (Fsp3) is 0.118. The Bertz CT molecular complexity index is 947. The zero-order valence-corrected chi connectivity index (χ0v) is 14.9. The third kappa shape index (κ3) is 4.64. The molecule has 0 fully saturated rings. The smallest absolute Gasteiger partial charge is 0.263 e. The lowest BCUT2D eigenvalue weighted by Crippen LogP contribution is -2.28. The van der Waals surface area contributed by atoms with Crippen molar-refractivity contribution in [2.45, 2.75) is 13.8 Å². The van der Waals surface area contributed by atoms with Crippen molar-refractivity contribution in [3.63, 3.8) is 0 Å². The molecule has 132 valence electrons. The number of carbonyl (C=O) groups is 1. The van der Waals surface area contributed by atoms with Gasteiger partial charge in [0, 0.05) is 23.9 Å². The predicted octanol–water partition coefficient (Wildman–Crippen LogP) is 2.62. The number of rotatable bonds is 5. The number of carbonyl (C=O) groups excluding carboxylic acids is 1. The highest BCUT2D eigenvalue weighted by Gasteiger charge is 2.05. The molecule has 3 aromatic rings. The van der Waals surface area contributed by atoms with Crippen LogP contribution in [0.15, 0.2) is 43.0 Å². The van der Waals surface area contributed by atoms with Crippen LogP contribution < -0.4 is 10.9 Å². The summed E-state index contributed by atoms with van der Waals surface area (Å²) in [5, 5.41) is 4.62. The largest absolute Gasteiger partial charge is 0.281 e. The monoisotopic (exact) mass is 369 g/mol. The Labute approximate surface area is 154 Å². The van der Waals surface area contributed by atoms with Gasteiger partial charge in [-0.3, -0.25) is 15.6 Å². The Hall–Kier alpha value is -3.26. The van der Waals surface area contributed by atoms with Gasteiger partial charge in [0.25, 0.3) is 5.91 Å². The SMILES string of the molecule is Cc1cc(C)cc(-c2ncn(/C=C\C(=O)NNc3cc(Cl)ncn3)n2)c1. The van der Waals surface area contributed by atoms with E-state index in [2.05, 4.69) is 37.0 Å². The highest BCUT2D eigenvalue weighted by Crippen LogP contribution is 2.18. The highest BCUT2D eigenvalue weighted by molar-refractivity contribution is 6.29. The lowest BCUT2D eigenvalue weighted by Gasteiger charge is -2.04. The van der Waals surface area contributed by atoms with Gasteiger partial charge in [-0.15, -0.1) is 5.10 Å². The maximum absolute atomic E-state index is 11.8. The molecule has 0 unspecified atom stereocenters. The molecule has 2 aromatic heterocycles. The van der Waals surface area contributed by atoms with E-state index < -0.39 is 0 Å².